The van der Waals surface area contributed by atoms with Gasteiger partial charge in [0.1, 0.15) is 5.75 Å². The number of ether oxygens (including phenoxy) is 1. The number of halogens is 2. The van der Waals surface area contributed by atoms with Gasteiger partial charge in [-0.2, -0.15) is 8.78 Å². The van der Waals surface area contributed by atoms with Crippen molar-refractivity contribution in [3.63, 3.8) is 0 Å². The van der Waals surface area contributed by atoms with Crippen LogP contribution < -0.4 is 10.5 Å². The lowest BCUT2D eigenvalue weighted by molar-refractivity contribution is -0.0498. The molecule has 3 rings (SSSR count). The number of nitrogens with two attached hydrogens (primary N) is 1. The van der Waals surface area contributed by atoms with Gasteiger partial charge in [0, 0.05) is 30.6 Å². The molecule has 0 aromatic heterocycles. The standard InChI is InChI=1S/C18H18F2N2O2/c19-18(20)24-14-8-6-13(7-9-14)17(23)22-10-15(16(21)11-22)12-4-2-1-3-5-12/h1-9,15-16,18H,10-11,21H2/t15-,16+/m0/s1. The summed E-state index contributed by atoms with van der Waals surface area (Å²) in [7, 11) is 0. The number of nitrogens with zero attached hydrogens (tertiary/aromatic N) is 1. The second kappa shape index (κ2) is 6.97. The van der Waals surface area contributed by atoms with Gasteiger partial charge in [-0.15, -0.1) is 0 Å². The van der Waals surface area contributed by atoms with Gasteiger partial charge in [-0.25, -0.2) is 0 Å². The van der Waals surface area contributed by atoms with Crippen LogP contribution in [0.2, 0.25) is 0 Å². The van der Waals surface area contributed by atoms with E-state index in [0.29, 0.717) is 18.7 Å². The summed E-state index contributed by atoms with van der Waals surface area (Å²) in [6.07, 6.45) is 0. The van der Waals surface area contributed by atoms with Gasteiger partial charge in [0.2, 0.25) is 0 Å². The van der Waals surface area contributed by atoms with Gasteiger partial charge < -0.3 is 15.4 Å². The van der Waals surface area contributed by atoms with Crippen molar-refractivity contribution in [1.82, 2.24) is 4.90 Å². The Kier molecular flexibility index (Phi) is 4.76. The lowest BCUT2D eigenvalue weighted by Gasteiger charge is -2.17. The second-order valence-electron chi connectivity index (χ2n) is 5.79. The smallest absolute Gasteiger partial charge is 0.387 e. The number of carbonyl (C=O) groups excluding carboxylic acids is 1. The van der Waals surface area contributed by atoms with Crippen molar-refractivity contribution >= 4 is 5.91 Å². The van der Waals surface area contributed by atoms with E-state index >= 15 is 0 Å². The van der Waals surface area contributed by atoms with Crippen LogP contribution in [0.15, 0.2) is 54.6 Å². The number of carbonyl (C=O) groups is 1. The highest BCUT2D eigenvalue weighted by atomic mass is 19.3. The lowest BCUT2D eigenvalue weighted by atomic mass is 9.95. The Morgan fingerprint density at radius 3 is 2.38 bits per heavy atom. The van der Waals surface area contributed by atoms with E-state index in [4.69, 9.17) is 5.73 Å². The first-order valence-electron chi connectivity index (χ1n) is 7.69. The van der Waals surface area contributed by atoms with Crippen molar-refractivity contribution in [3.8, 4) is 5.75 Å². The molecule has 2 aromatic rings. The zero-order chi connectivity index (χ0) is 17.1. The summed E-state index contributed by atoms with van der Waals surface area (Å²) in [5.41, 5.74) is 7.74. The van der Waals surface area contributed by atoms with Crippen molar-refractivity contribution in [2.75, 3.05) is 13.1 Å². The Morgan fingerprint density at radius 1 is 1.08 bits per heavy atom. The van der Waals surface area contributed by atoms with E-state index < -0.39 is 6.61 Å². The minimum atomic E-state index is -2.88. The van der Waals surface area contributed by atoms with E-state index in [1.165, 1.54) is 24.3 Å². The molecule has 24 heavy (non-hydrogen) atoms. The molecule has 1 fully saturated rings. The summed E-state index contributed by atoms with van der Waals surface area (Å²) in [4.78, 5) is 14.3. The molecule has 4 nitrogen and oxygen atoms in total. The summed E-state index contributed by atoms with van der Waals surface area (Å²) in [5, 5.41) is 0. The van der Waals surface area contributed by atoms with Gasteiger partial charge in [-0.1, -0.05) is 30.3 Å². The average molecular weight is 332 g/mol. The molecule has 126 valence electrons. The van der Waals surface area contributed by atoms with E-state index in [1.54, 1.807) is 4.90 Å². The third-order valence-corrected chi connectivity index (χ3v) is 4.21. The first kappa shape index (κ1) is 16.4. The highest BCUT2D eigenvalue weighted by Crippen LogP contribution is 2.27. The van der Waals surface area contributed by atoms with Gasteiger partial charge in [0.25, 0.3) is 5.91 Å². The predicted octanol–water partition coefficient (Wildman–Crippen LogP) is 2.85. The van der Waals surface area contributed by atoms with Crippen molar-refractivity contribution in [2.24, 2.45) is 5.73 Å². The quantitative estimate of drug-likeness (QED) is 0.937. The van der Waals surface area contributed by atoms with Gasteiger partial charge >= 0.3 is 6.61 Å². The van der Waals surface area contributed by atoms with E-state index in [1.807, 2.05) is 30.3 Å². The summed E-state index contributed by atoms with van der Waals surface area (Å²) in [5.74, 6) is -0.0362. The van der Waals surface area contributed by atoms with Crippen LogP contribution in [0, 0.1) is 0 Å². The van der Waals surface area contributed by atoms with Gasteiger partial charge in [-0.05, 0) is 29.8 Å². The Balaban J connectivity index is 1.70. The molecule has 6 heteroatoms. The highest BCUT2D eigenvalue weighted by Gasteiger charge is 2.34. The SMILES string of the molecule is N[C@@H]1CN(C(=O)c2ccc(OC(F)F)cc2)C[C@H]1c1ccccc1. The third-order valence-electron chi connectivity index (χ3n) is 4.21. The van der Waals surface area contributed by atoms with E-state index in [0.717, 1.165) is 5.56 Å². The molecular weight excluding hydrogens is 314 g/mol. The van der Waals surface area contributed by atoms with E-state index in [9.17, 15) is 13.6 Å². The van der Waals surface area contributed by atoms with Crippen LogP contribution in [0.3, 0.4) is 0 Å². The Hall–Kier alpha value is -2.47. The molecule has 1 aliphatic heterocycles. The van der Waals surface area contributed by atoms with Gasteiger partial charge in [0.05, 0.1) is 0 Å². The number of rotatable bonds is 4. The van der Waals surface area contributed by atoms with Crippen molar-refractivity contribution in [1.29, 1.82) is 0 Å². The topological polar surface area (TPSA) is 55.6 Å². The second-order valence-corrected chi connectivity index (χ2v) is 5.79. The number of amides is 1. The number of hydrogen-bond donors (Lipinski definition) is 1. The number of benzene rings is 2. The van der Waals surface area contributed by atoms with Gasteiger partial charge in [0.15, 0.2) is 0 Å². The predicted molar refractivity (Wildman–Crippen MR) is 86.1 cm³/mol. The summed E-state index contributed by atoms with van der Waals surface area (Å²) in [6.45, 7) is -1.87. The summed E-state index contributed by atoms with van der Waals surface area (Å²) in [6, 6.07) is 15.4. The number of likely N-dealkylation sites (tertiary alicyclic amines) is 1. The normalized spacial score (nSPS) is 20.4. The third kappa shape index (κ3) is 3.54. The zero-order valence-corrected chi connectivity index (χ0v) is 12.9. The molecule has 1 amide bonds. The largest absolute Gasteiger partial charge is 0.435 e. The maximum atomic E-state index is 12.6. The molecule has 0 bridgehead atoms. The lowest BCUT2D eigenvalue weighted by Crippen LogP contribution is -2.32. The maximum absolute atomic E-state index is 12.6. The van der Waals surface area contributed by atoms with Crippen molar-refractivity contribution < 1.29 is 18.3 Å². The summed E-state index contributed by atoms with van der Waals surface area (Å²) >= 11 is 0. The molecule has 0 radical (unpaired) electrons. The molecule has 0 spiro atoms. The fourth-order valence-electron chi connectivity index (χ4n) is 3.01. The van der Waals surface area contributed by atoms with Crippen LogP contribution in [0.4, 0.5) is 8.78 Å². The van der Waals surface area contributed by atoms with Crippen LogP contribution in [0.5, 0.6) is 5.75 Å². The Bertz CT molecular complexity index is 692. The van der Waals surface area contributed by atoms with Crippen molar-refractivity contribution in [2.45, 2.75) is 18.6 Å². The fraction of sp³-hybridized carbons (Fsp3) is 0.278. The number of hydrogen-bond acceptors (Lipinski definition) is 3. The molecule has 1 heterocycles. The monoisotopic (exact) mass is 332 g/mol. The molecule has 1 saturated heterocycles. The number of alkyl halides is 2. The van der Waals surface area contributed by atoms with Crippen LogP contribution in [-0.4, -0.2) is 36.5 Å². The molecule has 0 aliphatic carbocycles. The van der Waals surface area contributed by atoms with Gasteiger partial charge in [-0.3, -0.25) is 4.79 Å². The molecule has 0 saturated carbocycles. The molecular formula is C18H18F2N2O2. The minimum Gasteiger partial charge on any atom is -0.435 e. The highest BCUT2D eigenvalue weighted by molar-refractivity contribution is 5.94. The first-order chi connectivity index (χ1) is 11.5. The molecule has 2 N–H and O–H groups in total. The van der Waals surface area contributed by atoms with Crippen LogP contribution in [0.1, 0.15) is 21.8 Å². The average Bonchev–Trinajstić information content (AvgIpc) is 2.97. The van der Waals surface area contributed by atoms with Crippen LogP contribution in [0.25, 0.3) is 0 Å². The zero-order valence-electron chi connectivity index (χ0n) is 12.9. The van der Waals surface area contributed by atoms with Crippen molar-refractivity contribution in [3.05, 3.63) is 65.7 Å². The molecule has 2 atom stereocenters. The van der Waals surface area contributed by atoms with Crippen LogP contribution in [-0.2, 0) is 0 Å². The van der Waals surface area contributed by atoms with E-state index in [-0.39, 0.29) is 23.6 Å². The minimum absolute atomic E-state index is 0.0295. The fourth-order valence-corrected chi connectivity index (χ4v) is 3.01. The maximum Gasteiger partial charge on any atom is 0.387 e. The Morgan fingerprint density at radius 2 is 1.75 bits per heavy atom. The van der Waals surface area contributed by atoms with Crippen LogP contribution >= 0.6 is 0 Å². The Labute approximate surface area is 138 Å². The van der Waals surface area contributed by atoms with E-state index in [2.05, 4.69) is 4.74 Å². The first-order valence-corrected chi connectivity index (χ1v) is 7.69. The summed E-state index contributed by atoms with van der Waals surface area (Å²) < 4.78 is 28.6. The molecule has 1 aliphatic rings. The molecule has 0 unspecified atom stereocenters. The molecule has 2 aromatic carbocycles.